The minimum absolute atomic E-state index is 1.11. The molecule has 0 aliphatic heterocycles. The third kappa shape index (κ3) is 7.71. The van der Waals surface area contributed by atoms with Gasteiger partial charge in [0.15, 0.2) is 0 Å². The number of anilines is 6. The number of aromatic nitrogens is 2. The molecule has 21 aromatic rings. The quantitative estimate of drug-likeness (QED) is 0.136. The molecule has 6 heteroatoms. The number of hydrogen-bond acceptors (Lipinski definition) is 4. The van der Waals surface area contributed by atoms with Crippen LogP contribution in [0, 0.1) is 0 Å². The molecular formula is C90H54N4S2. The van der Waals surface area contributed by atoms with Crippen molar-refractivity contribution < 1.29 is 0 Å². The molecular weight excluding hydrogens is 1200 g/mol. The molecule has 6 heterocycles. The summed E-state index contributed by atoms with van der Waals surface area (Å²) in [5.74, 6) is 0. The maximum atomic E-state index is 2.63. The van der Waals surface area contributed by atoms with E-state index in [-0.39, 0.29) is 0 Å². The molecule has 446 valence electrons. The van der Waals surface area contributed by atoms with Gasteiger partial charge in [0.1, 0.15) is 0 Å². The first-order valence-corrected chi connectivity index (χ1v) is 34.5. The van der Waals surface area contributed by atoms with Crippen molar-refractivity contribution in [3.05, 3.63) is 328 Å². The average Bonchev–Trinajstić information content (AvgIpc) is 1.50. The van der Waals surface area contributed by atoms with E-state index in [1.165, 1.54) is 161 Å². The summed E-state index contributed by atoms with van der Waals surface area (Å²) in [4.78, 5) is 4.88. The van der Waals surface area contributed by atoms with Crippen LogP contribution in [0.15, 0.2) is 328 Å². The number of fused-ring (bicyclic) bond motifs is 18. The first-order chi connectivity index (χ1) is 47.7. The highest BCUT2D eigenvalue weighted by molar-refractivity contribution is 7.26. The molecule has 0 atom stereocenters. The van der Waals surface area contributed by atoms with Gasteiger partial charge in [-0.3, -0.25) is 0 Å². The maximum absolute atomic E-state index is 2.63. The molecule has 4 nitrogen and oxygen atoms in total. The molecule has 21 rings (SSSR count). The Bertz CT molecular complexity index is 6290. The van der Waals surface area contributed by atoms with Crippen molar-refractivity contribution in [2.45, 2.75) is 0 Å². The van der Waals surface area contributed by atoms with Crippen molar-refractivity contribution in [3.63, 3.8) is 0 Å². The highest BCUT2D eigenvalue weighted by Gasteiger charge is 2.31. The van der Waals surface area contributed by atoms with E-state index in [1.54, 1.807) is 0 Å². The van der Waals surface area contributed by atoms with Gasteiger partial charge in [0.05, 0.1) is 53.9 Å². The van der Waals surface area contributed by atoms with Crippen molar-refractivity contribution in [3.8, 4) is 44.5 Å². The fourth-order valence-electron chi connectivity index (χ4n) is 16.3. The van der Waals surface area contributed by atoms with Gasteiger partial charge in [0.2, 0.25) is 0 Å². The molecule has 0 saturated carbocycles. The number of rotatable bonds is 10. The second kappa shape index (κ2) is 20.7. The Balaban J connectivity index is 0.769. The van der Waals surface area contributed by atoms with Gasteiger partial charge in [-0.1, -0.05) is 231 Å². The van der Waals surface area contributed by atoms with Crippen molar-refractivity contribution >= 4 is 173 Å². The monoisotopic (exact) mass is 1250 g/mol. The lowest BCUT2D eigenvalue weighted by Gasteiger charge is -2.26. The molecule has 0 aliphatic carbocycles. The van der Waals surface area contributed by atoms with Crippen LogP contribution < -0.4 is 9.80 Å². The summed E-state index contributed by atoms with van der Waals surface area (Å²) in [7, 11) is 0. The van der Waals surface area contributed by atoms with Crippen LogP contribution in [-0.2, 0) is 0 Å². The summed E-state index contributed by atoms with van der Waals surface area (Å²) in [5.41, 5.74) is 23.7. The van der Waals surface area contributed by atoms with E-state index in [0.29, 0.717) is 0 Å². The van der Waals surface area contributed by atoms with Gasteiger partial charge in [0.25, 0.3) is 0 Å². The predicted octanol–water partition coefficient (Wildman–Crippen LogP) is 26.3. The molecule has 0 unspecified atom stereocenters. The average molecular weight is 1260 g/mol. The normalized spacial score (nSPS) is 12.2. The van der Waals surface area contributed by atoms with Gasteiger partial charge in [-0.05, 0) is 130 Å². The Morgan fingerprint density at radius 1 is 0.219 bits per heavy atom. The van der Waals surface area contributed by atoms with Crippen molar-refractivity contribution in [1.82, 2.24) is 8.80 Å². The molecule has 0 spiro atoms. The Hall–Kier alpha value is -12.1. The van der Waals surface area contributed by atoms with Crippen LogP contribution in [0.25, 0.3) is 161 Å². The van der Waals surface area contributed by atoms with Gasteiger partial charge in [-0.2, -0.15) is 0 Å². The Labute approximate surface area is 560 Å². The fourth-order valence-corrected chi connectivity index (χ4v) is 18.7. The second-order valence-corrected chi connectivity index (χ2v) is 27.5. The lowest BCUT2D eigenvalue weighted by Crippen LogP contribution is -2.10. The third-order valence-electron chi connectivity index (χ3n) is 20.3. The predicted molar refractivity (Wildman–Crippen MR) is 413 cm³/mol. The molecule has 0 aliphatic rings. The Morgan fingerprint density at radius 3 is 1.00 bits per heavy atom. The maximum Gasteiger partial charge on any atom is 0.0640 e. The summed E-state index contributed by atoms with van der Waals surface area (Å²) in [6.45, 7) is 0. The molecule has 0 amide bonds. The van der Waals surface area contributed by atoms with Gasteiger partial charge in [0, 0.05) is 108 Å². The van der Waals surface area contributed by atoms with Gasteiger partial charge < -0.3 is 18.6 Å². The molecule has 0 radical (unpaired) electrons. The minimum atomic E-state index is 1.11. The molecule has 96 heavy (non-hydrogen) atoms. The van der Waals surface area contributed by atoms with Crippen LogP contribution in [-0.4, -0.2) is 8.80 Å². The summed E-state index contributed by atoms with van der Waals surface area (Å²) in [6, 6.07) is 122. The molecule has 6 aromatic heterocycles. The van der Waals surface area contributed by atoms with E-state index in [2.05, 4.69) is 346 Å². The van der Waals surface area contributed by atoms with Crippen molar-refractivity contribution in [2.75, 3.05) is 9.80 Å². The highest BCUT2D eigenvalue weighted by Crippen LogP contribution is 2.55. The molecule has 0 saturated heterocycles. The van der Waals surface area contributed by atoms with Crippen LogP contribution in [0.1, 0.15) is 0 Å². The number of benzene rings is 15. The number of para-hydroxylation sites is 4. The Morgan fingerprint density at radius 2 is 0.552 bits per heavy atom. The summed E-state index contributed by atoms with van der Waals surface area (Å²) in [5, 5.41) is 15.1. The standard InChI is InChI=1S/C90H54N4S2/c1-5-23-55(24-6-1)81-83-71-41-19-37-67-74-54-60(58-28-18-34-64(52-58)92(62-31-11-4-12-32-62)78-44-22-40-70-66-36-14-16-46-80(66)96-90(70)78)48-50-76(74)94(85(67)71)88(83)82(56-25-7-2-8-26-56)84-72-42-20-38-68-73-53-59(47-49-75(73)93(86(68)72)87(81)84)57-27-17-33-63(51-57)91(61-29-9-3-10-30-61)77-43-21-39-69-65-35-13-15-45-79(65)95-89(69)77/h1-54H. The molecule has 15 aromatic carbocycles. The number of nitrogens with zero attached hydrogens (tertiary/aromatic N) is 4. The van der Waals surface area contributed by atoms with Gasteiger partial charge in [-0.15, -0.1) is 22.7 Å². The zero-order valence-electron chi connectivity index (χ0n) is 51.8. The van der Waals surface area contributed by atoms with E-state index in [0.717, 1.165) is 33.9 Å². The van der Waals surface area contributed by atoms with Crippen LogP contribution in [0.4, 0.5) is 34.1 Å². The number of thiophene rings is 2. The summed E-state index contributed by atoms with van der Waals surface area (Å²) >= 11 is 3.74. The lowest BCUT2D eigenvalue weighted by atomic mass is 9.89. The second-order valence-electron chi connectivity index (χ2n) is 25.4. The van der Waals surface area contributed by atoms with Crippen LogP contribution >= 0.6 is 22.7 Å². The van der Waals surface area contributed by atoms with E-state index in [9.17, 15) is 0 Å². The highest BCUT2D eigenvalue weighted by atomic mass is 32.1. The van der Waals surface area contributed by atoms with E-state index in [4.69, 9.17) is 0 Å². The van der Waals surface area contributed by atoms with E-state index >= 15 is 0 Å². The fraction of sp³-hybridized carbons (Fsp3) is 0. The lowest BCUT2D eigenvalue weighted by molar-refractivity contribution is 1.30. The van der Waals surface area contributed by atoms with Crippen molar-refractivity contribution in [2.24, 2.45) is 0 Å². The van der Waals surface area contributed by atoms with Gasteiger partial charge in [-0.25, -0.2) is 0 Å². The summed E-state index contributed by atoms with van der Waals surface area (Å²) in [6.07, 6.45) is 0. The third-order valence-corrected chi connectivity index (χ3v) is 22.7. The van der Waals surface area contributed by atoms with Crippen LogP contribution in [0.3, 0.4) is 0 Å². The van der Waals surface area contributed by atoms with E-state index in [1.807, 2.05) is 22.7 Å². The van der Waals surface area contributed by atoms with Crippen LogP contribution in [0.2, 0.25) is 0 Å². The topological polar surface area (TPSA) is 15.3 Å². The zero-order chi connectivity index (χ0) is 62.7. The minimum Gasteiger partial charge on any atom is -0.309 e. The van der Waals surface area contributed by atoms with Crippen molar-refractivity contribution in [1.29, 1.82) is 0 Å². The SMILES string of the molecule is c1ccc(-c2c3c4cccc5c6cc(-c7cccc(N(c8ccccc8)c8cccc9c8sc8ccccc89)c7)ccc6n(c3c(-c3ccccc3)c3c6cccc7c8cc(-c9cccc(N(c%10ccccc%10)c%10cccc%11c%10sc%10ccccc%10%11)c9)ccc8n(c23)c76)c54)cc1. The van der Waals surface area contributed by atoms with Crippen LogP contribution in [0.5, 0.6) is 0 Å². The first kappa shape index (κ1) is 53.4. The van der Waals surface area contributed by atoms with Gasteiger partial charge >= 0.3 is 0 Å². The molecule has 0 bridgehead atoms. The first-order valence-electron chi connectivity index (χ1n) is 32.9. The largest absolute Gasteiger partial charge is 0.309 e. The number of hydrogen-bond donors (Lipinski definition) is 0. The zero-order valence-corrected chi connectivity index (χ0v) is 53.4. The molecule has 0 fully saturated rings. The molecule has 0 N–H and O–H groups in total. The smallest absolute Gasteiger partial charge is 0.0640 e. The summed E-state index contributed by atoms with van der Waals surface area (Å²) < 4.78 is 10.4. The van der Waals surface area contributed by atoms with E-state index < -0.39 is 0 Å². The Kier molecular flexibility index (Phi) is 11.5.